The number of hydrogen-bond acceptors (Lipinski definition) is 3. The minimum Gasteiger partial charge on any atom is -0.385 e. The van der Waals surface area contributed by atoms with Crippen molar-refractivity contribution >= 4 is 5.91 Å². The van der Waals surface area contributed by atoms with Gasteiger partial charge in [0.2, 0.25) is 5.91 Å². The first-order chi connectivity index (χ1) is 8.08. The number of hydrogen-bond donors (Lipinski definition) is 2. The minimum atomic E-state index is 0.104. The molecule has 4 nitrogen and oxygen atoms in total. The third-order valence-electron chi connectivity index (χ3n) is 3.74. The Kier molecular flexibility index (Phi) is 5.92. The predicted octanol–water partition coefficient (Wildman–Crippen LogP) is 1.44. The van der Waals surface area contributed by atoms with E-state index in [0.29, 0.717) is 11.8 Å². The first-order valence-electron chi connectivity index (χ1n) is 6.59. The van der Waals surface area contributed by atoms with E-state index in [4.69, 9.17) is 10.5 Å². The van der Waals surface area contributed by atoms with Crippen LogP contribution in [0.25, 0.3) is 0 Å². The summed E-state index contributed by atoms with van der Waals surface area (Å²) in [5, 5.41) is 3.04. The molecule has 1 unspecified atom stereocenters. The Labute approximate surface area is 104 Å². The van der Waals surface area contributed by atoms with Crippen molar-refractivity contribution in [3.63, 3.8) is 0 Å². The number of nitrogens with one attached hydrogen (secondary N) is 1. The van der Waals surface area contributed by atoms with E-state index < -0.39 is 0 Å². The lowest BCUT2D eigenvalue weighted by Crippen LogP contribution is -2.43. The molecule has 0 bridgehead atoms. The van der Waals surface area contributed by atoms with Gasteiger partial charge in [0.05, 0.1) is 0 Å². The van der Waals surface area contributed by atoms with Crippen molar-refractivity contribution < 1.29 is 9.53 Å². The molecule has 0 heterocycles. The maximum absolute atomic E-state index is 11.6. The highest BCUT2D eigenvalue weighted by Crippen LogP contribution is 2.43. The maximum Gasteiger partial charge on any atom is 0.220 e. The van der Waals surface area contributed by atoms with Gasteiger partial charge in [0.25, 0.3) is 0 Å². The van der Waals surface area contributed by atoms with Crippen LogP contribution in [0.1, 0.15) is 45.4 Å². The van der Waals surface area contributed by atoms with Crippen LogP contribution < -0.4 is 11.1 Å². The van der Waals surface area contributed by atoms with E-state index in [1.54, 1.807) is 7.11 Å². The van der Waals surface area contributed by atoms with Crippen molar-refractivity contribution in [2.45, 2.75) is 51.5 Å². The fraction of sp³-hybridized carbons (Fsp3) is 0.923. The molecule has 0 saturated heterocycles. The van der Waals surface area contributed by atoms with Crippen molar-refractivity contribution in [3.05, 3.63) is 0 Å². The summed E-state index contributed by atoms with van der Waals surface area (Å²) in [4.78, 5) is 11.6. The summed E-state index contributed by atoms with van der Waals surface area (Å²) in [5.41, 5.74) is 5.93. The molecule has 1 atom stereocenters. The summed E-state index contributed by atoms with van der Waals surface area (Å²) >= 11 is 0. The third-order valence-corrected chi connectivity index (χ3v) is 3.74. The van der Waals surface area contributed by atoms with Crippen LogP contribution >= 0.6 is 0 Å². The lowest BCUT2D eigenvalue weighted by atomic mass is 9.67. The van der Waals surface area contributed by atoms with Crippen LogP contribution in [0.4, 0.5) is 0 Å². The Hall–Kier alpha value is -0.610. The van der Waals surface area contributed by atoms with Crippen LogP contribution in [0.3, 0.4) is 0 Å². The molecule has 4 heteroatoms. The molecule has 1 aliphatic rings. The Bertz CT molecular complexity index is 238. The van der Waals surface area contributed by atoms with Crippen LogP contribution in [0.2, 0.25) is 0 Å². The van der Waals surface area contributed by atoms with Gasteiger partial charge in [0.15, 0.2) is 0 Å². The number of carbonyl (C=O) groups excluding carboxylic acids is 1. The molecular weight excluding hydrogens is 216 g/mol. The second kappa shape index (κ2) is 6.97. The lowest BCUT2D eigenvalue weighted by Gasteiger charge is -2.42. The first-order valence-corrected chi connectivity index (χ1v) is 6.59. The van der Waals surface area contributed by atoms with Crippen molar-refractivity contribution in [3.8, 4) is 0 Å². The second-order valence-electron chi connectivity index (χ2n) is 5.39. The number of carbonyl (C=O) groups is 1. The number of amides is 1. The van der Waals surface area contributed by atoms with Gasteiger partial charge < -0.3 is 15.8 Å². The summed E-state index contributed by atoms with van der Waals surface area (Å²) in [6, 6.07) is 0.104. The molecule has 0 aromatic rings. The van der Waals surface area contributed by atoms with E-state index >= 15 is 0 Å². The number of methoxy groups -OCH3 is 1. The van der Waals surface area contributed by atoms with E-state index in [1.165, 1.54) is 19.3 Å². The Balaban J connectivity index is 2.20. The van der Waals surface area contributed by atoms with Gasteiger partial charge in [0.1, 0.15) is 0 Å². The minimum absolute atomic E-state index is 0.104. The van der Waals surface area contributed by atoms with E-state index in [9.17, 15) is 4.79 Å². The summed E-state index contributed by atoms with van der Waals surface area (Å²) in [7, 11) is 1.73. The van der Waals surface area contributed by atoms with Crippen molar-refractivity contribution in [1.82, 2.24) is 5.32 Å². The van der Waals surface area contributed by atoms with Gasteiger partial charge in [-0.15, -0.1) is 0 Å². The largest absolute Gasteiger partial charge is 0.385 e. The van der Waals surface area contributed by atoms with Crippen LogP contribution in [0.15, 0.2) is 0 Å². The fourth-order valence-electron chi connectivity index (χ4n) is 2.24. The van der Waals surface area contributed by atoms with Gasteiger partial charge in [-0.3, -0.25) is 4.79 Å². The van der Waals surface area contributed by atoms with E-state index in [2.05, 4.69) is 5.32 Å². The van der Waals surface area contributed by atoms with Gasteiger partial charge in [-0.1, -0.05) is 6.42 Å². The molecule has 0 aromatic heterocycles. The third kappa shape index (κ3) is 5.04. The number of nitrogens with two attached hydrogens (primary N) is 1. The standard InChI is InChI=1S/C13H26N2O2/c1-11(14)4-5-12(16)15-10-13(6-3-7-13)8-9-17-2/h11H,3-10,14H2,1-2H3,(H,15,16). The van der Waals surface area contributed by atoms with E-state index in [0.717, 1.165) is 26.0 Å². The van der Waals surface area contributed by atoms with Gasteiger partial charge in [-0.25, -0.2) is 0 Å². The number of ether oxygens (including phenoxy) is 1. The maximum atomic E-state index is 11.6. The van der Waals surface area contributed by atoms with Gasteiger partial charge in [0, 0.05) is 32.7 Å². The van der Waals surface area contributed by atoms with Gasteiger partial charge in [-0.2, -0.15) is 0 Å². The second-order valence-corrected chi connectivity index (χ2v) is 5.39. The Morgan fingerprint density at radius 1 is 1.53 bits per heavy atom. The molecule has 0 aromatic carbocycles. The Morgan fingerprint density at radius 2 is 2.24 bits per heavy atom. The van der Waals surface area contributed by atoms with Crippen molar-refractivity contribution in [1.29, 1.82) is 0 Å². The number of rotatable bonds is 8. The highest BCUT2D eigenvalue weighted by Gasteiger charge is 2.36. The van der Waals surface area contributed by atoms with Crippen LogP contribution in [0, 0.1) is 5.41 Å². The molecule has 0 spiro atoms. The fourth-order valence-corrected chi connectivity index (χ4v) is 2.24. The molecule has 0 aliphatic heterocycles. The summed E-state index contributed by atoms with van der Waals surface area (Å²) < 4.78 is 5.13. The molecule has 3 N–H and O–H groups in total. The van der Waals surface area contributed by atoms with Crippen LogP contribution in [-0.4, -0.2) is 32.2 Å². The molecule has 0 radical (unpaired) electrons. The molecule has 1 aliphatic carbocycles. The summed E-state index contributed by atoms with van der Waals surface area (Å²) in [6.45, 7) is 3.52. The Morgan fingerprint density at radius 3 is 2.71 bits per heavy atom. The zero-order chi connectivity index (χ0) is 12.7. The summed E-state index contributed by atoms with van der Waals surface area (Å²) in [6.07, 6.45) is 6.05. The van der Waals surface area contributed by atoms with Gasteiger partial charge >= 0.3 is 0 Å². The average Bonchev–Trinajstić information content (AvgIpc) is 2.24. The quantitative estimate of drug-likeness (QED) is 0.677. The van der Waals surface area contributed by atoms with Crippen molar-refractivity contribution in [2.24, 2.45) is 11.1 Å². The molecule has 1 amide bonds. The molecule has 1 rings (SSSR count). The molecular formula is C13H26N2O2. The first kappa shape index (κ1) is 14.5. The highest BCUT2D eigenvalue weighted by molar-refractivity contribution is 5.75. The zero-order valence-corrected chi connectivity index (χ0v) is 11.1. The average molecular weight is 242 g/mol. The zero-order valence-electron chi connectivity index (χ0n) is 11.1. The van der Waals surface area contributed by atoms with Crippen LogP contribution in [-0.2, 0) is 9.53 Å². The normalized spacial score (nSPS) is 19.5. The molecule has 17 heavy (non-hydrogen) atoms. The van der Waals surface area contributed by atoms with E-state index in [-0.39, 0.29) is 11.9 Å². The predicted molar refractivity (Wildman–Crippen MR) is 68.7 cm³/mol. The van der Waals surface area contributed by atoms with Crippen LogP contribution in [0.5, 0.6) is 0 Å². The molecule has 1 fully saturated rings. The van der Waals surface area contributed by atoms with Gasteiger partial charge in [-0.05, 0) is 38.0 Å². The highest BCUT2D eigenvalue weighted by atomic mass is 16.5. The molecule has 100 valence electrons. The lowest BCUT2D eigenvalue weighted by molar-refractivity contribution is -0.122. The van der Waals surface area contributed by atoms with Crippen molar-refractivity contribution in [2.75, 3.05) is 20.3 Å². The summed E-state index contributed by atoms with van der Waals surface area (Å²) in [5.74, 6) is 0.131. The monoisotopic (exact) mass is 242 g/mol. The smallest absolute Gasteiger partial charge is 0.220 e. The topological polar surface area (TPSA) is 64.3 Å². The molecule has 1 saturated carbocycles. The SMILES string of the molecule is COCCC1(CNC(=O)CCC(C)N)CCC1. The van der Waals surface area contributed by atoms with E-state index in [1.807, 2.05) is 6.92 Å².